The molecule has 18 heavy (non-hydrogen) atoms. The van der Waals surface area contributed by atoms with Crippen molar-refractivity contribution in [2.45, 2.75) is 38.8 Å². The highest BCUT2D eigenvalue weighted by Crippen LogP contribution is 2.30. The molecule has 0 bridgehead atoms. The Labute approximate surface area is 111 Å². The van der Waals surface area contributed by atoms with Crippen LogP contribution in [-0.4, -0.2) is 27.5 Å². The molecule has 0 spiro atoms. The van der Waals surface area contributed by atoms with E-state index in [1.807, 2.05) is 6.92 Å². The monoisotopic (exact) mass is 271 g/mol. The summed E-state index contributed by atoms with van der Waals surface area (Å²) >= 11 is 6.00. The van der Waals surface area contributed by atoms with Crippen molar-refractivity contribution in [1.82, 2.24) is 9.78 Å². The van der Waals surface area contributed by atoms with Gasteiger partial charge in [0.2, 0.25) is 0 Å². The number of aromatic nitrogens is 2. The summed E-state index contributed by atoms with van der Waals surface area (Å²) in [7, 11) is 0. The van der Waals surface area contributed by atoms with Crippen LogP contribution in [0.4, 0.5) is 5.69 Å². The molecule has 1 aliphatic carbocycles. The molecule has 0 aliphatic heterocycles. The predicted octanol–water partition coefficient (Wildman–Crippen LogP) is 1.49. The SMILES string of the molecule is CC(CCO)Nc1c(Cl)cnn(CC2CC2)c1=O. The Hall–Kier alpha value is -1.07. The predicted molar refractivity (Wildman–Crippen MR) is 71.0 cm³/mol. The quantitative estimate of drug-likeness (QED) is 0.823. The Bertz CT molecular complexity index is 471. The fraction of sp³-hybridized carbons (Fsp3) is 0.667. The van der Waals surface area contributed by atoms with Crippen LogP contribution in [0.2, 0.25) is 5.02 Å². The number of halogens is 1. The Morgan fingerprint density at radius 1 is 1.67 bits per heavy atom. The van der Waals surface area contributed by atoms with E-state index in [1.165, 1.54) is 23.7 Å². The summed E-state index contributed by atoms with van der Waals surface area (Å²) in [5.74, 6) is 0.582. The van der Waals surface area contributed by atoms with E-state index < -0.39 is 0 Å². The number of hydrogen-bond donors (Lipinski definition) is 2. The lowest BCUT2D eigenvalue weighted by Crippen LogP contribution is -2.29. The molecule has 2 rings (SSSR count). The van der Waals surface area contributed by atoms with E-state index in [2.05, 4.69) is 10.4 Å². The zero-order valence-electron chi connectivity index (χ0n) is 10.4. The Morgan fingerprint density at radius 2 is 2.39 bits per heavy atom. The van der Waals surface area contributed by atoms with Crippen LogP contribution in [0.25, 0.3) is 0 Å². The lowest BCUT2D eigenvalue weighted by molar-refractivity contribution is 0.282. The van der Waals surface area contributed by atoms with Gasteiger partial charge in [-0.2, -0.15) is 5.10 Å². The highest BCUT2D eigenvalue weighted by molar-refractivity contribution is 6.33. The van der Waals surface area contributed by atoms with Gasteiger partial charge in [-0.25, -0.2) is 4.68 Å². The van der Waals surface area contributed by atoms with Gasteiger partial charge in [0.15, 0.2) is 0 Å². The molecule has 100 valence electrons. The number of nitrogens with one attached hydrogen (secondary N) is 1. The highest BCUT2D eigenvalue weighted by Gasteiger charge is 2.23. The van der Waals surface area contributed by atoms with Gasteiger partial charge in [-0.1, -0.05) is 11.6 Å². The smallest absolute Gasteiger partial charge is 0.291 e. The van der Waals surface area contributed by atoms with Crippen molar-refractivity contribution < 1.29 is 5.11 Å². The molecule has 0 saturated heterocycles. The van der Waals surface area contributed by atoms with E-state index in [0.29, 0.717) is 29.6 Å². The van der Waals surface area contributed by atoms with E-state index in [1.54, 1.807) is 0 Å². The van der Waals surface area contributed by atoms with Crippen LogP contribution < -0.4 is 10.9 Å². The zero-order valence-corrected chi connectivity index (χ0v) is 11.2. The van der Waals surface area contributed by atoms with Gasteiger partial charge in [-0.3, -0.25) is 4.79 Å². The van der Waals surface area contributed by atoms with E-state index in [-0.39, 0.29) is 18.2 Å². The first-order valence-corrected chi connectivity index (χ1v) is 6.62. The van der Waals surface area contributed by atoms with Crippen LogP contribution in [0.1, 0.15) is 26.2 Å². The summed E-state index contributed by atoms with van der Waals surface area (Å²) in [5.41, 5.74) is 0.201. The molecule has 1 atom stereocenters. The van der Waals surface area contributed by atoms with Crippen molar-refractivity contribution in [2.75, 3.05) is 11.9 Å². The molecular weight excluding hydrogens is 254 g/mol. The van der Waals surface area contributed by atoms with Gasteiger partial charge in [0.1, 0.15) is 5.69 Å². The zero-order chi connectivity index (χ0) is 13.1. The van der Waals surface area contributed by atoms with Crippen molar-refractivity contribution in [3.05, 3.63) is 21.6 Å². The highest BCUT2D eigenvalue weighted by atomic mass is 35.5. The molecule has 5 nitrogen and oxygen atoms in total. The number of aliphatic hydroxyl groups is 1. The third-order valence-corrected chi connectivity index (χ3v) is 3.37. The number of nitrogens with zero attached hydrogens (tertiary/aromatic N) is 2. The summed E-state index contributed by atoms with van der Waals surface area (Å²) in [6.07, 6.45) is 4.40. The van der Waals surface area contributed by atoms with Crippen molar-refractivity contribution in [2.24, 2.45) is 5.92 Å². The van der Waals surface area contributed by atoms with Crippen LogP contribution in [0.3, 0.4) is 0 Å². The van der Waals surface area contributed by atoms with Gasteiger partial charge in [0, 0.05) is 19.2 Å². The second kappa shape index (κ2) is 5.71. The number of anilines is 1. The van der Waals surface area contributed by atoms with Crippen LogP contribution in [-0.2, 0) is 6.54 Å². The Kier molecular flexibility index (Phi) is 4.24. The molecule has 1 aromatic heterocycles. The van der Waals surface area contributed by atoms with Crippen LogP contribution in [0.15, 0.2) is 11.0 Å². The lowest BCUT2D eigenvalue weighted by Gasteiger charge is -2.15. The van der Waals surface area contributed by atoms with Gasteiger partial charge in [0.05, 0.1) is 11.2 Å². The number of hydrogen-bond acceptors (Lipinski definition) is 4. The molecule has 6 heteroatoms. The molecule has 1 fully saturated rings. The summed E-state index contributed by atoms with van der Waals surface area (Å²) in [6, 6.07) is -0.00280. The minimum atomic E-state index is -0.181. The molecular formula is C12H18ClN3O2. The maximum absolute atomic E-state index is 12.2. The molecule has 1 aromatic rings. The standard InChI is InChI=1S/C12H18ClN3O2/c1-8(4-5-17)15-11-10(13)6-14-16(12(11)18)7-9-2-3-9/h6,8-9,15,17H,2-5,7H2,1H3. The van der Waals surface area contributed by atoms with E-state index in [0.717, 1.165) is 0 Å². The molecule has 2 N–H and O–H groups in total. The van der Waals surface area contributed by atoms with Crippen molar-refractivity contribution in [1.29, 1.82) is 0 Å². The van der Waals surface area contributed by atoms with Gasteiger partial charge in [0.25, 0.3) is 5.56 Å². The first-order valence-electron chi connectivity index (χ1n) is 6.25. The minimum absolute atomic E-state index is 0.00280. The maximum Gasteiger partial charge on any atom is 0.291 e. The topological polar surface area (TPSA) is 67.2 Å². The van der Waals surface area contributed by atoms with Crippen LogP contribution in [0, 0.1) is 5.92 Å². The molecule has 0 radical (unpaired) electrons. The first-order chi connectivity index (χ1) is 8.61. The van der Waals surface area contributed by atoms with Crippen LogP contribution >= 0.6 is 11.6 Å². The minimum Gasteiger partial charge on any atom is -0.396 e. The third kappa shape index (κ3) is 3.23. The summed E-state index contributed by atoms with van der Waals surface area (Å²) < 4.78 is 1.47. The lowest BCUT2D eigenvalue weighted by atomic mass is 10.2. The number of rotatable bonds is 6. The van der Waals surface area contributed by atoms with Gasteiger partial charge >= 0.3 is 0 Å². The van der Waals surface area contributed by atoms with Crippen LogP contribution in [0.5, 0.6) is 0 Å². The van der Waals surface area contributed by atoms with E-state index in [4.69, 9.17) is 16.7 Å². The van der Waals surface area contributed by atoms with E-state index >= 15 is 0 Å². The van der Waals surface area contributed by atoms with Gasteiger partial charge in [-0.05, 0) is 32.1 Å². The molecule has 1 saturated carbocycles. The van der Waals surface area contributed by atoms with E-state index in [9.17, 15) is 4.79 Å². The second-order valence-electron chi connectivity index (χ2n) is 4.86. The summed E-state index contributed by atoms with van der Waals surface area (Å²) in [6.45, 7) is 2.64. The summed E-state index contributed by atoms with van der Waals surface area (Å²) in [5, 5.41) is 16.3. The first kappa shape index (κ1) is 13.4. The summed E-state index contributed by atoms with van der Waals surface area (Å²) in [4.78, 5) is 12.2. The van der Waals surface area contributed by atoms with Gasteiger partial charge in [-0.15, -0.1) is 0 Å². The molecule has 1 heterocycles. The van der Waals surface area contributed by atoms with Gasteiger partial charge < -0.3 is 10.4 Å². The molecule has 1 unspecified atom stereocenters. The molecule has 0 aromatic carbocycles. The average molecular weight is 272 g/mol. The number of aliphatic hydroxyl groups excluding tert-OH is 1. The Balaban J connectivity index is 2.18. The fourth-order valence-corrected chi connectivity index (χ4v) is 1.97. The largest absolute Gasteiger partial charge is 0.396 e. The van der Waals surface area contributed by atoms with Crippen molar-refractivity contribution >= 4 is 17.3 Å². The molecule has 0 amide bonds. The maximum atomic E-state index is 12.2. The molecule has 1 aliphatic rings. The van der Waals surface area contributed by atoms with Crippen molar-refractivity contribution in [3.63, 3.8) is 0 Å². The third-order valence-electron chi connectivity index (χ3n) is 3.08. The average Bonchev–Trinajstić information content (AvgIpc) is 3.13. The fourth-order valence-electron chi connectivity index (χ4n) is 1.79. The normalized spacial score (nSPS) is 16.6. The Morgan fingerprint density at radius 3 is 3.00 bits per heavy atom. The second-order valence-corrected chi connectivity index (χ2v) is 5.26. The van der Waals surface area contributed by atoms with Crippen molar-refractivity contribution in [3.8, 4) is 0 Å².